The van der Waals surface area contributed by atoms with Gasteiger partial charge in [-0.15, -0.1) is 0 Å². The van der Waals surface area contributed by atoms with Crippen molar-refractivity contribution >= 4 is 29.1 Å². The van der Waals surface area contributed by atoms with Crippen LogP contribution in [-0.2, 0) is 11.0 Å². The summed E-state index contributed by atoms with van der Waals surface area (Å²) in [5.74, 6) is -0.342. The summed E-state index contributed by atoms with van der Waals surface area (Å²) >= 11 is 11.7. The molecule has 0 radical (unpaired) electrons. The summed E-state index contributed by atoms with van der Waals surface area (Å²) in [6.07, 6.45) is -5.62. The second-order valence-electron chi connectivity index (χ2n) is 5.66. The van der Waals surface area contributed by atoms with Crippen LogP contribution in [0.25, 0.3) is 0 Å². The van der Waals surface area contributed by atoms with E-state index in [4.69, 9.17) is 32.7 Å². The maximum absolute atomic E-state index is 12.6. The van der Waals surface area contributed by atoms with Gasteiger partial charge in [-0.1, -0.05) is 29.3 Å². The molecule has 2 rings (SSSR count). The number of benzene rings is 2. The van der Waals surface area contributed by atoms with Gasteiger partial charge in [0.1, 0.15) is 24.2 Å². The monoisotopic (exact) mass is 437 g/mol. The lowest BCUT2D eigenvalue weighted by atomic mass is 10.2. The first-order valence-corrected chi connectivity index (χ1v) is 8.73. The Morgan fingerprint density at radius 2 is 1.89 bits per heavy atom. The molecule has 1 amide bonds. The van der Waals surface area contributed by atoms with Crippen LogP contribution in [0.15, 0.2) is 42.5 Å². The van der Waals surface area contributed by atoms with Gasteiger partial charge in [-0.3, -0.25) is 4.79 Å². The van der Waals surface area contributed by atoms with E-state index >= 15 is 0 Å². The Morgan fingerprint density at radius 1 is 1.14 bits per heavy atom. The average Bonchev–Trinajstić information content (AvgIpc) is 2.65. The summed E-state index contributed by atoms with van der Waals surface area (Å²) in [7, 11) is 0. The van der Waals surface area contributed by atoms with Gasteiger partial charge in [-0.25, -0.2) is 0 Å². The molecule has 2 aromatic carbocycles. The summed E-state index contributed by atoms with van der Waals surface area (Å²) in [6.45, 7) is -0.839. The summed E-state index contributed by atoms with van der Waals surface area (Å²) in [4.78, 5) is 11.8. The van der Waals surface area contributed by atoms with Crippen LogP contribution in [0.3, 0.4) is 0 Å². The molecule has 0 bridgehead atoms. The number of ether oxygens (including phenoxy) is 2. The molecule has 0 saturated carbocycles. The van der Waals surface area contributed by atoms with Gasteiger partial charge in [0.2, 0.25) is 0 Å². The van der Waals surface area contributed by atoms with Crippen LogP contribution in [0.2, 0.25) is 10.0 Å². The summed E-state index contributed by atoms with van der Waals surface area (Å²) < 4.78 is 48.3. The van der Waals surface area contributed by atoms with Crippen LogP contribution in [-0.4, -0.2) is 36.9 Å². The van der Waals surface area contributed by atoms with Gasteiger partial charge in [-0.2, -0.15) is 13.2 Å². The van der Waals surface area contributed by atoms with Crippen LogP contribution in [0.4, 0.5) is 13.2 Å². The molecule has 1 atom stereocenters. The molecular weight excluding hydrogens is 422 g/mol. The highest BCUT2D eigenvalue weighted by molar-refractivity contribution is 6.34. The quantitative estimate of drug-likeness (QED) is 0.655. The van der Waals surface area contributed by atoms with E-state index in [0.29, 0.717) is 5.02 Å². The Bertz CT molecular complexity index is 818. The number of alkyl halides is 3. The van der Waals surface area contributed by atoms with Crippen molar-refractivity contribution in [1.82, 2.24) is 5.32 Å². The first-order chi connectivity index (χ1) is 13.1. The molecule has 152 valence electrons. The number of carbonyl (C=O) groups excluding carboxylic acids is 1. The van der Waals surface area contributed by atoms with Crippen molar-refractivity contribution in [2.24, 2.45) is 0 Å². The van der Waals surface area contributed by atoms with Gasteiger partial charge >= 0.3 is 6.18 Å². The van der Waals surface area contributed by atoms with Crippen LogP contribution >= 0.6 is 23.2 Å². The molecule has 10 heteroatoms. The summed E-state index contributed by atoms with van der Waals surface area (Å²) in [5, 5.41) is 12.9. The van der Waals surface area contributed by atoms with E-state index in [9.17, 15) is 23.1 Å². The number of rotatable bonds is 8. The largest absolute Gasteiger partial charge is 0.491 e. The molecule has 2 aromatic rings. The van der Waals surface area contributed by atoms with Crippen molar-refractivity contribution in [3.8, 4) is 11.5 Å². The smallest absolute Gasteiger partial charge is 0.416 e. The van der Waals surface area contributed by atoms with Crippen LogP contribution in [0, 0.1) is 0 Å². The summed E-state index contributed by atoms with van der Waals surface area (Å²) in [5.41, 5.74) is -0.857. The van der Waals surface area contributed by atoms with Crippen LogP contribution < -0.4 is 14.8 Å². The zero-order valence-electron chi connectivity index (χ0n) is 14.3. The highest BCUT2D eigenvalue weighted by atomic mass is 35.5. The Labute approximate surface area is 169 Å². The van der Waals surface area contributed by atoms with E-state index in [0.717, 1.165) is 12.1 Å². The fourth-order valence-corrected chi connectivity index (χ4v) is 2.36. The maximum atomic E-state index is 12.6. The van der Waals surface area contributed by atoms with E-state index < -0.39 is 23.8 Å². The number of hydrogen-bond acceptors (Lipinski definition) is 4. The number of halogens is 5. The molecule has 0 aromatic heterocycles. The molecule has 28 heavy (non-hydrogen) atoms. The third-order valence-electron chi connectivity index (χ3n) is 3.39. The topological polar surface area (TPSA) is 67.8 Å². The van der Waals surface area contributed by atoms with Crippen LogP contribution in [0.1, 0.15) is 5.56 Å². The van der Waals surface area contributed by atoms with E-state index in [-0.39, 0.29) is 36.3 Å². The van der Waals surface area contributed by atoms with Crippen molar-refractivity contribution in [2.45, 2.75) is 12.3 Å². The third-order valence-corrected chi connectivity index (χ3v) is 3.94. The third kappa shape index (κ3) is 7.10. The highest BCUT2D eigenvalue weighted by Gasteiger charge is 2.30. The van der Waals surface area contributed by atoms with E-state index in [1.165, 1.54) is 24.3 Å². The second kappa shape index (κ2) is 9.86. The molecule has 0 fully saturated rings. The number of amides is 1. The molecule has 1 unspecified atom stereocenters. The van der Waals surface area contributed by atoms with Gasteiger partial charge in [-0.05, 0) is 30.3 Å². The van der Waals surface area contributed by atoms with Gasteiger partial charge in [0.05, 0.1) is 10.6 Å². The Morgan fingerprint density at radius 3 is 2.61 bits per heavy atom. The SMILES string of the molecule is O=C(COc1cc(Cl)ccc1Cl)NCC(O)COc1cccc(C(F)(F)F)c1. The number of carbonyl (C=O) groups is 1. The second-order valence-corrected chi connectivity index (χ2v) is 6.50. The summed E-state index contributed by atoms with van der Waals surface area (Å²) in [6, 6.07) is 8.82. The maximum Gasteiger partial charge on any atom is 0.416 e. The van der Waals surface area contributed by atoms with Gasteiger partial charge in [0, 0.05) is 17.6 Å². The average molecular weight is 438 g/mol. The first-order valence-electron chi connectivity index (χ1n) is 7.98. The zero-order valence-corrected chi connectivity index (χ0v) is 15.8. The normalized spacial score (nSPS) is 12.4. The standard InChI is InChI=1S/C18H16Cl2F3NO4/c19-12-4-5-15(20)16(7-12)28-10-17(26)24-8-13(25)9-27-14-3-1-2-11(6-14)18(21,22)23/h1-7,13,25H,8-10H2,(H,24,26). The number of nitrogens with one attached hydrogen (secondary N) is 1. The van der Waals surface area contributed by atoms with E-state index in [1.807, 2.05) is 0 Å². The minimum atomic E-state index is -4.49. The molecular formula is C18H16Cl2F3NO4. The van der Waals surface area contributed by atoms with Crippen molar-refractivity contribution in [1.29, 1.82) is 0 Å². The van der Waals surface area contributed by atoms with Gasteiger partial charge in [0.25, 0.3) is 5.91 Å². The lowest BCUT2D eigenvalue weighted by molar-refractivity contribution is -0.137. The van der Waals surface area contributed by atoms with Crippen LogP contribution in [0.5, 0.6) is 11.5 Å². The number of aliphatic hydroxyl groups is 1. The predicted octanol–water partition coefficient (Wildman–Crippen LogP) is 3.95. The van der Waals surface area contributed by atoms with Crippen molar-refractivity contribution < 1.29 is 32.5 Å². The highest BCUT2D eigenvalue weighted by Crippen LogP contribution is 2.31. The molecule has 0 spiro atoms. The zero-order chi connectivity index (χ0) is 20.7. The number of aliphatic hydroxyl groups excluding tert-OH is 1. The van der Waals surface area contributed by atoms with Crippen molar-refractivity contribution in [3.63, 3.8) is 0 Å². The fourth-order valence-electron chi connectivity index (χ4n) is 2.03. The molecule has 0 heterocycles. The Balaban J connectivity index is 1.74. The minimum Gasteiger partial charge on any atom is -0.491 e. The first kappa shape index (κ1) is 22.1. The van der Waals surface area contributed by atoms with E-state index in [2.05, 4.69) is 5.32 Å². The molecule has 5 nitrogen and oxygen atoms in total. The molecule has 0 aliphatic heterocycles. The molecule has 0 aliphatic carbocycles. The molecule has 0 saturated heterocycles. The van der Waals surface area contributed by atoms with Gasteiger partial charge in [0.15, 0.2) is 6.61 Å². The Kier molecular flexibility index (Phi) is 7.79. The fraction of sp³-hybridized carbons (Fsp3) is 0.278. The minimum absolute atomic E-state index is 0.0425. The molecule has 2 N–H and O–H groups in total. The molecule has 0 aliphatic rings. The Hall–Kier alpha value is -2.16. The van der Waals surface area contributed by atoms with Gasteiger partial charge < -0.3 is 19.9 Å². The van der Waals surface area contributed by atoms with Crippen molar-refractivity contribution in [3.05, 3.63) is 58.1 Å². The number of hydrogen-bond donors (Lipinski definition) is 2. The van der Waals surface area contributed by atoms with E-state index in [1.54, 1.807) is 6.07 Å². The lowest BCUT2D eigenvalue weighted by Crippen LogP contribution is -2.37. The van der Waals surface area contributed by atoms with Crippen molar-refractivity contribution in [2.75, 3.05) is 19.8 Å². The lowest BCUT2D eigenvalue weighted by Gasteiger charge is -2.15. The predicted molar refractivity (Wildman–Crippen MR) is 97.9 cm³/mol.